The Bertz CT molecular complexity index is 600. The number of amides is 2. The minimum Gasteiger partial charge on any atom is -0.342 e. The summed E-state index contributed by atoms with van der Waals surface area (Å²) in [5, 5.41) is 2.87. The Labute approximate surface area is 128 Å². The number of hydrogen-bond acceptors (Lipinski definition) is 3. The zero-order valence-corrected chi connectivity index (χ0v) is 12.6. The molecular weight excluding hydrogens is 284 g/mol. The van der Waals surface area contributed by atoms with Crippen LogP contribution in [0.3, 0.4) is 0 Å². The third-order valence-electron chi connectivity index (χ3n) is 4.56. The summed E-state index contributed by atoms with van der Waals surface area (Å²) in [6.07, 6.45) is 2.12. The maximum absolute atomic E-state index is 12.6. The van der Waals surface area contributed by atoms with Crippen molar-refractivity contribution in [2.24, 2.45) is 5.92 Å². The highest BCUT2D eigenvalue weighted by atomic mass is 32.2. The molecule has 5 heteroatoms. The van der Waals surface area contributed by atoms with Crippen LogP contribution in [0.15, 0.2) is 29.2 Å². The molecule has 3 aliphatic rings. The standard InChI is InChI=1S/C16H18N2O2S/c19-14-8-18(16(20)15(17-14)10-5-6-10)7-11-9-21-13-4-2-1-3-12(11)13/h1-4,10-11,15H,5-9H2,(H,17,19). The Morgan fingerprint density at radius 1 is 1.24 bits per heavy atom. The molecule has 4 nitrogen and oxygen atoms in total. The minimum atomic E-state index is -0.268. The first-order valence-corrected chi connectivity index (χ1v) is 8.51. The number of rotatable bonds is 3. The molecule has 2 unspecified atom stereocenters. The fourth-order valence-electron chi connectivity index (χ4n) is 3.28. The lowest BCUT2D eigenvalue weighted by molar-refractivity contribution is -0.145. The lowest BCUT2D eigenvalue weighted by atomic mass is 9.99. The summed E-state index contributed by atoms with van der Waals surface area (Å²) in [5.74, 6) is 1.83. The van der Waals surface area contributed by atoms with Gasteiger partial charge in [-0.25, -0.2) is 0 Å². The number of thioether (sulfide) groups is 1. The molecule has 21 heavy (non-hydrogen) atoms. The zero-order valence-electron chi connectivity index (χ0n) is 11.7. The molecule has 1 saturated heterocycles. The van der Waals surface area contributed by atoms with Crippen LogP contribution in [0, 0.1) is 5.92 Å². The van der Waals surface area contributed by atoms with Gasteiger partial charge in [-0.15, -0.1) is 11.8 Å². The van der Waals surface area contributed by atoms with Crippen molar-refractivity contribution in [3.63, 3.8) is 0 Å². The number of fused-ring (bicyclic) bond motifs is 1. The Kier molecular flexibility index (Phi) is 3.17. The number of piperazine rings is 1. The largest absolute Gasteiger partial charge is 0.342 e. The van der Waals surface area contributed by atoms with Crippen LogP contribution in [0.2, 0.25) is 0 Å². The molecule has 2 aliphatic heterocycles. The molecule has 2 atom stereocenters. The average molecular weight is 302 g/mol. The molecule has 0 spiro atoms. The summed E-state index contributed by atoms with van der Waals surface area (Å²) in [4.78, 5) is 27.5. The second kappa shape index (κ2) is 5.05. The molecule has 1 aromatic rings. The van der Waals surface area contributed by atoms with E-state index in [-0.39, 0.29) is 24.4 Å². The molecule has 0 bridgehead atoms. The van der Waals surface area contributed by atoms with Gasteiger partial charge in [0.1, 0.15) is 6.04 Å². The zero-order chi connectivity index (χ0) is 14.4. The van der Waals surface area contributed by atoms with E-state index in [0.717, 1.165) is 18.6 Å². The van der Waals surface area contributed by atoms with Crippen LogP contribution in [0.5, 0.6) is 0 Å². The highest BCUT2D eigenvalue weighted by molar-refractivity contribution is 7.99. The van der Waals surface area contributed by atoms with Crippen molar-refractivity contribution in [1.29, 1.82) is 0 Å². The lowest BCUT2D eigenvalue weighted by Crippen LogP contribution is -2.59. The van der Waals surface area contributed by atoms with E-state index in [9.17, 15) is 9.59 Å². The molecule has 0 aromatic heterocycles. The molecule has 2 amide bonds. The predicted molar refractivity (Wildman–Crippen MR) is 81.1 cm³/mol. The van der Waals surface area contributed by atoms with E-state index in [4.69, 9.17) is 0 Å². The van der Waals surface area contributed by atoms with Gasteiger partial charge >= 0.3 is 0 Å². The number of nitrogens with one attached hydrogen (secondary N) is 1. The molecule has 1 saturated carbocycles. The smallest absolute Gasteiger partial charge is 0.245 e. The highest BCUT2D eigenvalue weighted by Gasteiger charge is 2.43. The van der Waals surface area contributed by atoms with Gasteiger partial charge in [0.15, 0.2) is 0 Å². The maximum atomic E-state index is 12.6. The van der Waals surface area contributed by atoms with Crippen LogP contribution in [-0.2, 0) is 9.59 Å². The van der Waals surface area contributed by atoms with Gasteiger partial charge in [0.25, 0.3) is 0 Å². The van der Waals surface area contributed by atoms with Crippen molar-refractivity contribution in [3.05, 3.63) is 29.8 Å². The van der Waals surface area contributed by atoms with E-state index in [1.807, 2.05) is 11.8 Å². The highest BCUT2D eigenvalue weighted by Crippen LogP contribution is 2.40. The van der Waals surface area contributed by atoms with Crippen molar-refractivity contribution in [2.75, 3.05) is 18.8 Å². The van der Waals surface area contributed by atoms with Crippen molar-refractivity contribution < 1.29 is 9.59 Å². The average Bonchev–Trinajstić information content (AvgIpc) is 3.25. The first-order valence-electron chi connectivity index (χ1n) is 7.52. The number of benzene rings is 1. The van der Waals surface area contributed by atoms with Crippen LogP contribution in [-0.4, -0.2) is 41.6 Å². The monoisotopic (exact) mass is 302 g/mol. The van der Waals surface area contributed by atoms with Gasteiger partial charge in [-0.1, -0.05) is 18.2 Å². The quantitative estimate of drug-likeness (QED) is 0.923. The van der Waals surface area contributed by atoms with Gasteiger partial charge in [-0.2, -0.15) is 0 Å². The van der Waals surface area contributed by atoms with Crippen LogP contribution in [0.4, 0.5) is 0 Å². The van der Waals surface area contributed by atoms with Crippen molar-refractivity contribution in [3.8, 4) is 0 Å². The van der Waals surface area contributed by atoms with E-state index in [0.29, 0.717) is 18.4 Å². The molecule has 1 aromatic carbocycles. The second-order valence-electron chi connectivity index (χ2n) is 6.15. The predicted octanol–water partition coefficient (Wildman–Crippen LogP) is 1.61. The number of hydrogen-bond donors (Lipinski definition) is 1. The summed E-state index contributed by atoms with van der Waals surface area (Å²) in [6.45, 7) is 0.880. The SMILES string of the molecule is O=C1CN(CC2CSc3ccccc32)C(=O)C(C2CC2)N1. The van der Waals surface area contributed by atoms with Gasteiger partial charge in [0, 0.05) is 23.1 Å². The van der Waals surface area contributed by atoms with Crippen molar-refractivity contribution in [2.45, 2.75) is 29.7 Å². The van der Waals surface area contributed by atoms with E-state index in [2.05, 4.69) is 29.6 Å². The van der Waals surface area contributed by atoms with Crippen LogP contribution in [0.1, 0.15) is 24.3 Å². The summed E-state index contributed by atoms with van der Waals surface area (Å²) < 4.78 is 0. The molecule has 2 heterocycles. The Morgan fingerprint density at radius 3 is 2.86 bits per heavy atom. The van der Waals surface area contributed by atoms with Gasteiger partial charge in [0.2, 0.25) is 11.8 Å². The molecule has 1 aliphatic carbocycles. The molecular formula is C16H18N2O2S. The maximum Gasteiger partial charge on any atom is 0.245 e. The third kappa shape index (κ3) is 2.44. The van der Waals surface area contributed by atoms with Crippen molar-refractivity contribution in [1.82, 2.24) is 10.2 Å². The first-order chi connectivity index (χ1) is 10.2. The lowest BCUT2D eigenvalue weighted by Gasteiger charge is -2.34. The number of nitrogens with zero attached hydrogens (tertiary/aromatic N) is 1. The van der Waals surface area contributed by atoms with E-state index < -0.39 is 0 Å². The first kappa shape index (κ1) is 13.2. The Balaban J connectivity index is 1.51. The fourth-order valence-corrected chi connectivity index (χ4v) is 4.52. The second-order valence-corrected chi connectivity index (χ2v) is 7.21. The summed E-state index contributed by atoms with van der Waals surface area (Å²) in [5.41, 5.74) is 1.32. The number of carbonyl (C=O) groups excluding carboxylic acids is 2. The molecule has 2 fully saturated rings. The van der Waals surface area contributed by atoms with Gasteiger partial charge < -0.3 is 10.2 Å². The van der Waals surface area contributed by atoms with Gasteiger partial charge in [0.05, 0.1) is 6.54 Å². The van der Waals surface area contributed by atoms with Crippen LogP contribution < -0.4 is 5.32 Å². The molecule has 4 rings (SSSR count). The van der Waals surface area contributed by atoms with Crippen LogP contribution in [0.25, 0.3) is 0 Å². The van der Waals surface area contributed by atoms with Gasteiger partial charge in [-0.3, -0.25) is 9.59 Å². The molecule has 1 N–H and O–H groups in total. The van der Waals surface area contributed by atoms with E-state index in [1.165, 1.54) is 10.5 Å². The third-order valence-corrected chi connectivity index (χ3v) is 5.81. The van der Waals surface area contributed by atoms with E-state index >= 15 is 0 Å². The van der Waals surface area contributed by atoms with Crippen LogP contribution >= 0.6 is 11.8 Å². The summed E-state index contributed by atoms with van der Waals surface area (Å²) in [6, 6.07) is 8.12. The Hall–Kier alpha value is -1.49. The van der Waals surface area contributed by atoms with E-state index in [1.54, 1.807) is 4.90 Å². The van der Waals surface area contributed by atoms with Gasteiger partial charge in [-0.05, 0) is 30.4 Å². The minimum absolute atomic E-state index is 0.00886. The fraction of sp³-hybridized carbons (Fsp3) is 0.500. The van der Waals surface area contributed by atoms with Crippen molar-refractivity contribution >= 4 is 23.6 Å². The topological polar surface area (TPSA) is 49.4 Å². The summed E-state index contributed by atoms with van der Waals surface area (Å²) in [7, 11) is 0. The summed E-state index contributed by atoms with van der Waals surface area (Å²) >= 11 is 1.85. The molecule has 0 radical (unpaired) electrons. The number of carbonyl (C=O) groups is 2. The Morgan fingerprint density at radius 2 is 2.05 bits per heavy atom. The normalized spacial score (nSPS) is 28.5. The molecule has 110 valence electrons.